The maximum Gasteiger partial charge on any atom is 0.290 e. The highest BCUT2D eigenvalue weighted by molar-refractivity contribution is 5.93. The summed E-state index contributed by atoms with van der Waals surface area (Å²) in [5.41, 5.74) is 0.323. The van der Waals surface area contributed by atoms with Gasteiger partial charge in [-0.05, 0) is 18.2 Å². The van der Waals surface area contributed by atoms with Crippen molar-refractivity contribution in [1.29, 1.82) is 5.26 Å². The van der Waals surface area contributed by atoms with Gasteiger partial charge in [0.25, 0.3) is 12.4 Å². The van der Waals surface area contributed by atoms with Gasteiger partial charge in [0.05, 0.1) is 6.61 Å². The summed E-state index contributed by atoms with van der Waals surface area (Å²) >= 11 is 0. The Labute approximate surface area is 183 Å². The molecule has 1 amide bonds. The lowest BCUT2D eigenvalue weighted by Gasteiger charge is -2.27. The van der Waals surface area contributed by atoms with E-state index in [-0.39, 0.29) is 24.9 Å². The Bertz CT molecular complexity index is 1160. The Morgan fingerprint density at radius 2 is 2.09 bits per heavy atom. The number of hydrogen-bond donors (Lipinski definition) is 2. The molecular weight excluding hydrogens is 414 g/mol. The molecule has 32 heavy (non-hydrogen) atoms. The molecule has 2 aliphatic rings. The minimum atomic E-state index is -0.405. The molecule has 0 aromatic carbocycles. The monoisotopic (exact) mass is 435 g/mol. The minimum absolute atomic E-state index is 0.0113. The summed E-state index contributed by atoms with van der Waals surface area (Å²) in [4.78, 5) is 38.1. The number of hydrogen-bond acceptors (Lipinski definition) is 8. The number of imidazole rings is 1. The van der Waals surface area contributed by atoms with E-state index in [0.29, 0.717) is 43.3 Å². The average molecular weight is 435 g/mol. The Morgan fingerprint density at radius 1 is 1.28 bits per heavy atom. The van der Waals surface area contributed by atoms with Gasteiger partial charge in [0.2, 0.25) is 5.78 Å². The van der Waals surface area contributed by atoms with Crippen LogP contribution < -0.4 is 4.90 Å². The summed E-state index contributed by atoms with van der Waals surface area (Å²) < 4.78 is 1.72. The summed E-state index contributed by atoms with van der Waals surface area (Å²) in [6, 6.07) is 9.21. The van der Waals surface area contributed by atoms with Gasteiger partial charge < -0.3 is 20.0 Å². The number of aliphatic hydroxyl groups excluding tert-OH is 1. The van der Waals surface area contributed by atoms with Crippen LogP contribution in [0, 0.1) is 22.7 Å². The SMILES string of the molecule is N#Cc1cccc(N2C[C@H]3CN(C(=O)c4cn5cccnc5n4)C[C@@]3(CO)C2)n1.O=CO. The Balaban J connectivity index is 0.000000775. The van der Waals surface area contributed by atoms with Gasteiger partial charge in [-0.2, -0.15) is 5.26 Å². The van der Waals surface area contributed by atoms with Gasteiger partial charge in [0.1, 0.15) is 23.3 Å². The lowest BCUT2D eigenvalue weighted by atomic mass is 9.82. The molecule has 3 aromatic rings. The highest BCUT2D eigenvalue weighted by Gasteiger charge is 2.53. The van der Waals surface area contributed by atoms with E-state index in [1.54, 1.807) is 40.0 Å². The van der Waals surface area contributed by atoms with E-state index in [1.807, 2.05) is 12.1 Å². The zero-order valence-corrected chi connectivity index (χ0v) is 17.1. The molecular formula is C21H21N7O4. The van der Waals surface area contributed by atoms with Crippen LogP contribution in [0.1, 0.15) is 16.2 Å². The van der Waals surface area contributed by atoms with Crippen molar-refractivity contribution in [1.82, 2.24) is 24.3 Å². The van der Waals surface area contributed by atoms with Crippen molar-refractivity contribution in [2.45, 2.75) is 0 Å². The molecule has 0 spiro atoms. The van der Waals surface area contributed by atoms with Crippen LogP contribution in [0.5, 0.6) is 0 Å². The number of likely N-dealkylation sites (tertiary alicyclic amines) is 1. The molecule has 2 atom stereocenters. The molecule has 2 aliphatic heterocycles. The summed E-state index contributed by atoms with van der Waals surface area (Å²) in [7, 11) is 0. The molecule has 0 aliphatic carbocycles. The number of anilines is 1. The number of fused-ring (bicyclic) bond motifs is 2. The molecule has 5 heterocycles. The number of pyridine rings is 1. The van der Waals surface area contributed by atoms with Crippen LogP contribution in [0.3, 0.4) is 0 Å². The molecule has 164 valence electrons. The summed E-state index contributed by atoms with van der Waals surface area (Å²) in [5.74, 6) is 1.20. The standard InChI is InChI=1S/C20H19N7O2.CH2O2/c21-7-15-3-1-4-17(23-15)26-8-14-9-27(12-20(14,11-26)13-28)18(29)16-10-25-6-2-5-22-19(25)24-16;2-1-3/h1-6,10,14,28H,8-9,11-13H2;1H,(H,2,3)/t14-,20+;/m0./s1. The van der Waals surface area contributed by atoms with E-state index in [1.165, 1.54) is 0 Å². The third-order valence-electron chi connectivity index (χ3n) is 5.99. The van der Waals surface area contributed by atoms with E-state index in [4.69, 9.17) is 15.2 Å². The Hall–Kier alpha value is -4.04. The number of carbonyl (C=O) groups excluding carboxylic acids is 1. The number of nitrogens with zero attached hydrogens (tertiary/aromatic N) is 7. The second kappa shape index (κ2) is 8.60. The number of nitriles is 1. The van der Waals surface area contributed by atoms with Crippen molar-refractivity contribution in [3.63, 3.8) is 0 Å². The molecule has 0 bridgehead atoms. The van der Waals surface area contributed by atoms with Crippen LogP contribution in [0.4, 0.5) is 5.82 Å². The smallest absolute Gasteiger partial charge is 0.290 e. The van der Waals surface area contributed by atoms with E-state index in [2.05, 4.69) is 25.9 Å². The minimum Gasteiger partial charge on any atom is -0.483 e. The third-order valence-corrected chi connectivity index (χ3v) is 5.99. The van der Waals surface area contributed by atoms with Crippen molar-refractivity contribution in [3.8, 4) is 6.07 Å². The number of amides is 1. The highest BCUT2D eigenvalue weighted by Crippen LogP contribution is 2.43. The first kappa shape index (κ1) is 21.2. The van der Waals surface area contributed by atoms with Gasteiger partial charge in [0, 0.05) is 56.1 Å². The quantitative estimate of drug-likeness (QED) is 0.553. The predicted octanol–water partition coefficient (Wildman–Crippen LogP) is 0.268. The number of carboxylic acid groups (broad SMARTS) is 1. The van der Waals surface area contributed by atoms with Crippen LogP contribution in [-0.4, -0.2) is 79.6 Å². The maximum absolute atomic E-state index is 13.0. The molecule has 11 nitrogen and oxygen atoms in total. The Morgan fingerprint density at radius 3 is 2.78 bits per heavy atom. The number of carbonyl (C=O) groups is 2. The molecule has 0 unspecified atom stereocenters. The van der Waals surface area contributed by atoms with E-state index < -0.39 is 5.41 Å². The molecule has 11 heteroatoms. The zero-order chi connectivity index (χ0) is 22.7. The molecule has 2 N–H and O–H groups in total. The topological polar surface area (TPSA) is 148 Å². The van der Waals surface area contributed by atoms with Crippen molar-refractivity contribution in [2.24, 2.45) is 11.3 Å². The number of aliphatic hydroxyl groups is 1. The number of rotatable bonds is 3. The lowest BCUT2D eigenvalue weighted by molar-refractivity contribution is -0.122. The molecule has 0 saturated carbocycles. The predicted molar refractivity (Wildman–Crippen MR) is 112 cm³/mol. The fraction of sp³-hybridized carbons (Fsp3) is 0.333. The first-order valence-corrected chi connectivity index (χ1v) is 9.93. The number of aromatic nitrogens is 4. The fourth-order valence-corrected chi connectivity index (χ4v) is 4.49. The largest absolute Gasteiger partial charge is 0.483 e. The van der Waals surface area contributed by atoms with Gasteiger partial charge in [0.15, 0.2) is 0 Å². The van der Waals surface area contributed by atoms with E-state index >= 15 is 0 Å². The second-order valence-electron chi connectivity index (χ2n) is 7.83. The summed E-state index contributed by atoms with van der Waals surface area (Å²) in [6.07, 6.45) is 5.13. The summed E-state index contributed by atoms with van der Waals surface area (Å²) in [5, 5.41) is 26.2. The van der Waals surface area contributed by atoms with Crippen molar-refractivity contribution < 1.29 is 19.8 Å². The lowest BCUT2D eigenvalue weighted by Crippen LogP contribution is -2.39. The van der Waals surface area contributed by atoms with Crippen molar-refractivity contribution in [3.05, 3.63) is 54.2 Å². The van der Waals surface area contributed by atoms with Gasteiger partial charge in [-0.15, -0.1) is 0 Å². The van der Waals surface area contributed by atoms with Crippen LogP contribution >= 0.6 is 0 Å². The highest BCUT2D eigenvalue weighted by atomic mass is 16.3. The van der Waals surface area contributed by atoms with Crippen molar-refractivity contribution in [2.75, 3.05) is 37.7 Å². The van der Waals surface area contributed by atoms with Gasteiger partial charge in [-0.25, -0.2) is 15.0 Å². The second-order valence-corrected chi connectivity index (χ2v) is 7.83. The fourth-order valence-electron chi connectivity index (χ4n) is 4.49. The molecule has 2 fully saturated rings. The zero-order valence-electron chi connectivity index (χ0n) is 17.1. The normalized spacial score (nSPS) is 21.6. The first-order valence-electron chi connectivity index (χ1n) is 9.93. The Kier molecular flexibility index (Phi) is 5.70. The van der Waals surface area contributed by atoms with E-state index in [0.717, 1.165) is 5.82 Å². The third kappa shape index (κ3) is 3.72. The van der Waals surface area contributed by atoms with E-state index in [9.17, 15) is 9.90 Å². The van der Waals surface area contributed by atoms with Crippen LogP contribution in [0.2, 0.25) is 0 Å². The van der Waals surface area contributed by atoms with Gasteiger partial charge in [-0.1, -0.05) is 6.07 Å². The van der Waals surface area contributed by atoms with Gasteiger partial charge in [-0.3, -0.25) is 14.0 Å². The van der Waals surface area contributed by atoms with Crippen LogP contribution in [0.25, 0.3) is 5.78 Å². The maximum atomic E-state index is 13.0. The molecule has 2 saturated heterocycles. The summed E-state index contributed by atoms with van der Waals surface area (Å²) in [6.45, 7) is 2.02. The van der Waals surface area contributed by atoms with Gasteiger partial charge >= 0.3 is 0 Å². The van der Waals surface area contributed by atoms with Crippen molar-refractivity contribution >= 4 is 24.0 Å². The average Bonchev–Trinajstić information content (AvgIpc) is 3.49. The molecule has 5 rings (SSSR count). The van der Waals surface area contributed by atoms with Crippen LogP contribution in [0.15, 0.2) is 42.9 Å². The molecule has 3 aromatic heterocycles. The van der Waals surface area contributed by atoms with Crippen LogP contribution in [-0.2, 0) is 4.79 Å². The first-order chi connectivity index (χ1) is 15.5. The molecule has 0 radical (unpaired) electrons.